The Balaban J connectivity index is 1.75. The van der Waals surface area contributed by atoms with Gasteiger partial charge in [-0.15, -0.1) is 6.58 Å². The minimum Gasteiger partial charge on any atom is -0.504 e. The molecule has 31 heavy (non-hydrogen) atoms. The third kappa shape index (κ3) is 2.92. The van der Waals surface area contributed by atoms with Gasteiger partial charge in [0.1, 0.15) is 11.4 Å². The molecule has 1 aromatic rings. The molecule has 6 heteroatoms. The highest BCUT2D eigenvalue weighted by Gasteiger charge is 2.80. The molecule has 2 aliphatic carbocycles. The van der Waals surface area contributed by atoms with Crippen molar-refractivity contribution in [2.24, 2.45) is 0 Å². The number of benzene rings is 1. The zero-order valence-corrected chi connectivity index (χ0v) is 18.0. The highest BCUT2D eigenvalue weighted by atomic mass is 16.5. The van der Waals surface area contributed by atoms with Crippen molar-refractivity contribution in [2.75, 3.05) is 6.54 Å². The van der Waals surface area contributed by atoms with Crippen LogP contribution in [-0.2, 0) is 21.4 Å². The maximum Gasteiger partial charge on any atom is 0.336 e. The molecule has 0 amide bonds. The molecule has 0 aromatic heterocycles. The number of hydrogen-bond acceptors (Lipinski definition) is 6. The Kier molecular flexibility index (Phi) is 5.40. The van der Waals surface area contributed by atoms with Crippen LogP contribution in [0.15, 0.2) is 49.1 Å². The first-order valence-corrected chi connectivity index (χ1v) is 10.8. The number of aromatic hydroxyl groups is 1. The van der Waals surface area contributed by atoms with Gasteiger partial charge in [0.2, 0.25) is 0 Å². The molecule has 2 N–H and O–H groups in total. The Bertz CT molecular complexity index is 996. The number of phenolic OH excluding ortho intramolecular Hbond substituents is 1. The second-order valence-electron chi connectivity index (χ2n) is 8.65. The second kappa shape index (κ2) is 7.77. The average molecular weight is 424 g/mol. The standard InChI is InChI=1S/C25H29NO5/c1-4-7-8-9-21(28)31-18-11-10-16-13-19-25(30)20(26(19)12-5-2)15-24(25,14-17(27)6-3)22(16)23(18)29/h4-5,7-11,19-20,29-30H,2,6,12-15H2,1,3H3/b7-4+,9-8+. The minimum absolute atomic E-state index is 0.0386. The minimum atomic E-state index is -1.08. The quantitative estimate of drug-likeness (QED) is 0.220. The fourth-order valence-corrected chi connectivity index (χ4v) is 5.87. The number of carbonyl (C=O) groups is 2. The molecule has 1 saturated carbocycles. The summed E-state index contributed by atoms with van der Waals surface area (Å²) in [4.78, 5) is 26.9. The van der Waals surface area contributed by atoms with Crippen LogP contribution < -0.4 is 4.74 Å². The van der Waals surface area contributed by atoms with Crippen molar-refractivity contribution < 1.29 is 24.5 Å². The third-order valence-corrected chi connectivity index (χ3v) is 7.22. The summed E-state index contributed by atoms with van der Waals surface area (Å²) in [6.07, 6.45) is 9.80. The van der Waals surface area contributed by atoms with E-state index in [2.05, 4.69) is 11.5 Å². The lowest BCUT2D eigenvalue weighted by atomic mass is 9.38. The maximum atomic E-state index is 12.5. The van der Waals surface area contributed by atoms with Crippen molar-refractivity contribution in [3.8, 4) is 11.5 Å². The van der Waals surface area contributed by atoms with Gasteiger partial charge in [0, 0.05) is 48.5 Å². The first-order valence-electron chi connectivity index (χ1n) is 10.8. The number of allylic oxidation sites excluding steroid dienone is 3. The Morgan fingerprint density at radius 2 is 2.10 bits per heavy atom. The summed E-state index contributed by atoms with van der Waals surface area (Å²) in [6, 6.07) is 3.23. The molecule has 1 heterocycles. The molecule has 2 fully saturated rings. The number of ketones is 1. The highest BCUT2D eigenvalue weighted by molar-refractivity contribution is 5.85. The van der Waals surface area contributed by atoms with Gasteiger partial charge in [-0.25, -0.2) is 4.79 Å². The van der Waals surface area contributed by atoms with Crippen LogP contribution in [-0.4, -0.2) is 51.1 Å². The van der Waals surface area contributed by atoms with Gasteiger partial charge >= 0.3 is 5.97 Å². The molecule has 4 unspecified atom stereocenters. The first kappa shape index (κ1) is 21.5. The van der Waals surface area contributed by atoms with E-state index in [0.717, 1.165) is 5.56 Å². The van der Waals surface area contributed by atoms with E-state index in [1.165, 1.54) is 6.08 Å². The van der Waals surface area contributed by atoms with Crippen molar-refractivity contribution in [3.05, 3.63) is 60.2 Å². The van der Waals surface area contributed by atoms with Gasteiger partial charge in [-0.2, -0.15) is 0 Å². The maximum absolute atomic E-state index is 12.5. The van der Waals surface area contributed by atoms with Gasteiger partial charge in [0.15, 0.2) is 11.5 Å². The smallest absolute Gasteiger partial charge is 0.336 e. The number of Topliss-reactive ketones (excluding diaryl/α,β-unsaturated/α-hetero) is 1. The molecule has 164 valence electrons. The van der Waals surface area contributed by atoms with Gasteiger partial charge < -0.3 is 14.9 Å². The number of esters is 1. The van der Waals surface area contributed by atoms with Crippen molar-refractivity contribution in [3.63, 3.8) is 0 Å². The fraction of sp³-hybridized carbons (Fsp3) is 0.440. The number of nitrogens with zero attached hydrogens (tertiary/aromatic N) is 1. The Morgan fingerprint density at radius 3 is 2.77 bits per heavy atom. The van der Waals surface area contributed by atoms with E-state index in [9.17, 15) is 19.8 Å². The molecule has 1 aliphatic heterocycles. The molecule has 0 bridgehead atoms. The van der Waals surface area contributed by atoms with Crippen molar-refractivity contribution in [2.45, 2.75) is 62.6 Å². The number of likely N-dealkylation sites (tertiary alicyclic amines) is 1. The molecule has 0 radical (unpaired) electrons. The molecule has 0 spiro atoms. The molecule has 6 nitrogen and oxygen atoms in total. The van der Waals surface area contributed by atoms with Crippen molar-refractivity contribution >= 4 is 11.8 Å². The zero-order valence-electron chi connectivity index (χ0n) is 18.0. The van der Waals surface area contributed by atoms with E-state index in [1.807, 2.05) is 19.1 Å². The van der Waals surface area contributed by atoms with E-state index in [0.29, 0.717) is 31.4 Å². The fourth-order valence-electron chi connectivity index (χ4n) is 5.87. The Hall–Kier alpha value is -2.70. The molecule has 1 aromatic carbocycles. The number of piperidine rings is 1. The van der Waals surface area contributed by atoms with Crippen LogP contribution in [0, 0.1) is 0 Å². The van der Waals surface area contributed by atoms with Crippen LogP contribution in [0.3, 0.4) is 0 Å². The summed E-state index contributed by atoms with van der Waals surface area (Å²) < 4.78 is 5.37. The SMILES string of the molecule is C=CCN1C2Cc3ccc(OC(=O)/C=C/C=C/C)c(O)c3C3(CC(=O)CC)CC1C23O. The van der Waals surface area contributed by atoms with Gasteiger partial charge in [-0.05, 0) is 31.4 Å². The van der Waals surface area contributed by atoms with E-state index in [-0.39, 0.29) is 35.8 Å². The van der Waals surface area contributed by atoms with Crippen molar-refractivity contribution in [1.82, 2.24) is 4.90 Å². The summed E-state index contributed by atoms with van der Waals surface area (Å²) in [7, 11) is 0. The summed E-state index contributed by atoms with van der Waals surface area (Å²) >= 11 is 0. The average Bonchev–Trinajstić information content (AvgIpc) is 2.74. The van der Waals surface area contributed by atoms with Crippen LogP contribution in [0.25, 0.3) is 0 Å². The van der Waals surface area contributed by atoms with Crippen LogP contribution >= 0.6 is 0 Å². The number of phenols is 1. The largest absolute Gasteiger partial charge is 0.504 e. The van der Waals surface area contributed by atoms with E-state index in [4.69, 9.17) is 4.74 Å². The number of fused-ring (bicyclic) bond motifs is 2. The summed E-state index contributed by atoms with van der Waals surface area (Å²) in [5.41, 5.74) is -0.508. The van der Waals surface area contributed by atoms with Crippen LogP contribution in [0.5, 0.6) is 11.5 Å². The lowest BCUT2D eigenvalue weighted by molar-refractivity contribution is -0.310. The van der Waals surface area contributed by atoms with E-state index in [1.54, 1.807) is 31.2 Å². The zero-order chi connectivity index (χ0) is 22.4. The number of ether oxygens (including phenoxy) is 1. The van der Waals surface area contributed by atoms with Gasteiger partial charge in [0.05, 0.1) is 0 Å². The van der Waals surface area contributed by atoms with Gasteiger partial charge in [-0.3, -0.25) is 9.69 Å². The monoisotopic (exact) mass is 423 g/mol. The number of rotatable bonds is 8. The van der Waals surface area contributed by atoms with E-state index >= 15 is 0 Å². The second-order valence-corrected chi connectivity index (χ2v) is 8.65. The highest BCUT2D eigenvalue weighted by Crippen LogP contribution is 2.69. The number of aliphatic hydroxyl groups is 1. The topological polar surface area (TPSA) is 87.1 Å². The first-order chi connectivity index (χ1) is 14.8. The van der Waals surface area contributed by atoms with Crippen LogP contribution in [0.4, 0.5) is 0 Å². The lowest BCUT2D eigenvalue weighted by Crippen LogP contribution is -2.92. The molecule has 4 rings (SSSR count). The van der Waals surface area contributed by atoms with E-state index < -0.39 is 17.0 Å². The Morgan fingerprint density at radius 1 is 1.32 bits per heavy atom. The molecule has 1 saturated heterocycles. The predicted octanol–water partition coefficient (Wildman–Crippen LogP) is 2.97. The van der Waals surface area contributed by atoms with Crippen molar-refractivity contribution in [1.29, 1.82) is 0 Å². The number of carbonyl (C=O) groups excluding carboxylic acids is 2. The summed E-state index contributed by atoms with van der Waals surface area (Å²) in [6.45, 7) is 8.14. The normalized spacial score (nSPS) is 30.9. The predicted molar refractivity (Wildman–Crippen MR) is 117 cm³/mol. The lowest BCUT2D eigenvalue weighted by Gasteiger charge is -2.78. The Labute approximate surface area is 182 Å². The molecule has 3 aliphatic rings. The third-order valence-electron chi connectivity index (χ3n) is 7.22. The molecular formula is C25H29NO5. The summed E-state index contributed by atoms with van der Waals surface area (Å²) in [5, 5.41) is 22.9. The van der Waals surface area contributed by atoms with Crippen LogP contribution in [0.2, 0.25) is 0 Å². The van der Waals surface area contributed by atoms with Gasteiger partial charge in [-0.1, -0.05) is 37.3 Å². The molecular weight excluding hydrogens is 394 g/mol. The summed E-state index contributed by atoms with van der Waals surface area (Å²) in [5.74, 6) is -0.671. The van der Waals surface area contributed by atoms with Crippen LogP contribution in [0.1, 0.15) is 44.2 Å². The number of hydrogen-bond donors (Lipinski definition) is 2. The molecule has 4 atom stereocenters. The van der Waals surface area contributed by atoms with Gasteiger partial charge in [0.25, 0.3) is 0 Å².